The first-order valence-corrected chi connectivity index (χ1v) is 2.48. The highest BCUT2D eigenvalue weighted by Gasteiger charge is 2.05. The van der Waals surface area contributed by atoms with Gasteiger partial charge in [0.15, 0.2) is 11.6 Å². The van der Waals surface area contributed by atoms with E-state index in [0.717, 1.165) is 6.07 Å². The van der Waals surface area contributed by atoms with Crippen LogP contribution in [0.4, 0.5) is 20.3 Å². The molecule has 0 aromatic carbocycles. The molecule has 3 nitrogen and oxygen atoms in total. The maximum Gasteiger partial charge on any atom is 0.217 e. The Kier molecular flexibility index (Phi) is 1.41. The molecule has 0 aliphatic heterocycles. The third-order valence-corrected chi connectivity index (χ3v) is 0.980. The maximum absolute atomic E-state index is 12.4. The third-order valence-electron chi connectivity index (χ3n) is 0.980. The quantitative estimate of drug-likeness (QED) is 0.523. The summed E-state index contributed by atoms with van der Waals surface area (Å²) in [6, 6.07) is 0.770. The minimum atomic E-state index is -0.878. The molecule has 0 spiro atoms. The Morgan fingerprint density at radius 3 is 2.40 bits per heavy atom. The Balaban J connectivity index is 3.31. The highest BCUT2D eigenvalue weighted by atomic mass is 19.1. The van der Waals surface area contributed by atoms with E-state index in [4.69, 9.17) is 11.5 Å². The molecule has 1 rings (SSSR count). The van der Waals surface area contributed by atoms with Gasteiger partial charge < -0.3 is 11.5 Å². The van der Waals surface area contributed by atoms with Crippen molar-refractivity contribution in [2.45, 2.75) is 0 Å². The van der Waals surface area contributed by atoms with Crippen molar-refractivity contribution in [3.63, 3.8) is 0 Å². The zero-order chi connectivity index (χ0) is 7.72. The van der Waals surface area contributed by atoms with Gasteiger partial charge in [-0.2, -0.15) is 9.37 Å². The van der Waals surface area contributed by atoms with Crippen LogP contribution < -0.4 is 11.5 Å². The molecule has 0 saturated heterocycles. The Bertz CT molecular complexity index is 238. The van der Waals surface area contributed by atoms with Gasteiger partial charge in [-0.1, -0.05) is 0 Å². The molecular formula is C5H5F2N3. The van der Waals surface area contributed by atoms with Crippen LogP contribution in [0.1, 0.15) is 0 Å². The van der Waals surface area contributed by atoms with E-state index in [1.165, 1.54) is 0 Å². The summed E-state index contributed by atoms with van der Waals surface area (Å²) in [6.45, 7) is 0. The van der Waals surface area contributed by atoms with Crippen molar-refractivity contribution in [2.75, 3.05) is 11.5 Å². The maximum atomic E-state index is 12.4. The average molecular weight is 145 g/mol. The van der Waals surface area contributed by atoms with Crippen LogP contribution in [0.15, 0.2) is 6.07 Å². The van der Waals surface area contributed by atoms with Crippen LogP contribution in [0.5, 0.6) is 0 Å². The predicted molar refractivity (Wildman–Crippen MR) is 33.0 cm³/mol. The lowest BCUT2D eigenvalue weighted by Crippen LogP contribution is -2.01. The fourth-order valence-corrected chi connectivity index (χ4v) is 0.536. The number of nitrogen functional groups attached to an aromatic ring is 2. The molecule has 1 aromatic heterocycles. The van der Waals surface area contributed by atoms with Gasteiger partial charge in [-0.25, -0.2) is 4.39 Å². The highest BCUT2D eigenvalue weighted by Crippen LogP contribution is 2.14. The van der Waals surface area contributed by atoms with Gasteiger partial charge in [0.05, 0.1) is 5.69 Å². The molecule has 0 fully saturated rings. The van der Waals surface area contributed by atoms with Gasteiger partial charge in [0.1, 0.15) is 0 Å². The third kappa shape index (κ3) is 0.975. The second-order valence-electron chi connectivity index (χ2n) is 1.73. The number of pyridine rings is 1. The molecule has 0 amide bonds. The molecule has 1 heterocycles. The van der Waals surface area contributed by atoms with Crippen LogP contribution in [-0.4, -0.2) is 4.98 Å². The number of nitrogens with two attached hydrogens (primary N) is 2. The van der Waals surface area contributed by atoms with Crippen LogP contribution in [0.25, 0.3) is 0 Å². The molecule has 0 radical (unpaired) electrons. The normalized spacial score (nSPS) is 9.80. The monoisotopic (exact) mass is 145 g/mol. The molecule has 0 atom stereocenters. The van der Waals surface area contributed by atoms with Crippen molar-refractivity contribution < 1.29 is 8.78 Å². The van der Waals surface area contributed by atoms with E-state index in [9.17, 15) is 8.78 Å². The van der Waals surface area contributed by atoms with Crippen LogP contribution in [0.3, 0.4) is 0 Å². The number of hydrogen-bond donors (Lipinski definition) is 2. The lowest BCUT2D eigenvalue weighted by molar-refractivity contribution is 0.568. The first kappa shape index (κ1) is 6.73. The average Bonchev–Trinajstić information content (AvgIpc) is 1.82. The van der Waals surface area contributed by atoms with Crippen LogP contribution in [0.2, 0.25) is 0 Å². The fourth-order valence-electron chi connectivity index (χ4n) is 0.536. The van der Waals surface area contributed by atoms with Gasteiger partial charge in [0.25, 0.3) is 0 Å². The van der Waals surface area contributed by atoms with Crippen molar-refractivity contribution in [1.29, 1.82) is 0 Å². The van der Waals surface area contributed by atoms with Crippen molar-refractivity contribution in [2.24, 2.45) is 0 Å². The summed E-state index contributed by atoms with van der Waals surface area (Å²) in [5, 5.41) is 0. The smallest absolute Gasteiger partial charge is 0.217 e. The van der Waals surface area contributed by atoms with Gasteiger partial charge in [-0.15, -0.1) is 0 Å². The number of halogens is 2. The zero-order valence-corrected chi connectivity index (χ0v) is 4.94. The minimum Gasteiger partial charge on any atom is -0.396 e. The molecular weight excluding hydrogens is 140 g/mol. The standard InChI is InChI=1S/C5H5F2N3/c6-3-1-2(8)4(7)5(9)10-3/h1H,(H4,8,9,10). The van der Waals surface area contributed by atoms with E-state index in [1.807, 2.05) is 0 Å². The van der Waals surface area contributed by atoms with Gasteiger partial charge in [0, 0.05) is 6.07 Å². The summed E-state index contributed by atoms with van der Waals surface area (Å²) in [5.74, 6) is -2.27. The van der Waals surface area contributed by atoms with Crippen molar-refractivity contribution >= 4 is 11.5 Å². The molecule has 0 saturated carbocycles. The summed E-state index contributed by atoms with van der Waals surface area (Å²) in [5.41, 5.74) is 9.57. The first-order valence-electron chi connectivity index (χ1n) is 2.48. The Labute approximate surface area is 55.7 Å². The fraction of sp³-hybridized carbons (Fsp3) is 0. The van der Waals surface area contributed by atoms with Gasteiger partial charge >= 0.3 is 0 Å². The lowest BCUT2D eigenvalue weighted by Gasteiger charge is -1.97. The summed E-state index contributed by atoms with van der Waals surface area (Å²) in [4.78, 5) is 2.99. The molecule has 4 N–H and O–H groups in total. The number of rotatable bonds is 0. The summed E-state index contributed by atoms with van der Waals surface area (Å²) in [6.07, 6.45) is 0. The molecule has 1 aromatic rings. The molecule has 0 unspecified atom stereocenters. The van der Waals surface area contributed by atoms with E-state index in [1.54, 1.807) is 0 Å². The molecule has 0 aliphatic carbocycles. The Hall–Kier alpha value is -1.39. The first-order chi connectivity index (χ1) is 4.61. The second-order valence-corrected chi connectivity index (χ2v) is 1.73. The predicted octanol–water partition coefficient (Wildman–Crippen LogP) is 0.524. The van der Waals surface area contributed by atoms with E-state index in [2.05, 4.69) is 4.98 Å². The summed E-state index contributed by atoms with van der Waals surface area (Å²) in [7, 11) is 0. The Morgan fingerprint density at radius 1 is 1.30 bits per heavy atom. The van der Waals surface area contributed by atoms with Crippen molar-refractivity contribution in [3.05, 3.63) is 17.8 Å². The van der Waals surface area contributed by atoms with E-state index in [0.29, 0.717) is 0 Å². The van der Waals surface area contributed by atoms with E-state index < -0.39 is 17.6 Å². The molecule has 0 aliphatic rings. The molecule has 5 heteroatoms. The van der Waals surface area contributed by atoms with E-state index >= 15 is 0 Å². The van der Waals surface area contributed by atoms with Crippen LogP contribution >= 0.6 is 0 Å². The molecule has 54 valence electrons. The molecule has 10 heavy (non-hydrogen) atoms. The van der Waals surface area contributed by atoms with Crippen LogP contribution in [-0.2, 0) is 0 Å². The lowest BCUT2D eigenvalue weighted by atomic mass is 10.4. The van der Waals surface area contributed by atoms with Crippen molar-refractivity contribution in [3.8, 4) is 0 Å². The summed E-state index contributed by atoms with van der Waals surface area (Å²) >= 11 is 0. The van der Waals surface area contributed by atoms with Crippen molar-refractivity contribution in [1.82, 2.24) is 4.98 Å². The van der Waals surface area contributed by atoms with Gasteiger partial charge in [-0.3, -0.25) is 0 Å². The topological polar surface area (TPSA) is 64.9 Å². The number of anilines is 2. The SMILES string of the molecule is Nc1cc(F)nc(N)c1F. The summed E-state index contributed by atoms with van der Waals surface area (Å²) < 4.78 is 24.6. The number of aromatic nitrogens is 1. The highest BCUT2D eigenvalue weighted by molar-refractivity contribution is 5.48. The Morgan fingerprint density at radius 2 is 1.90 bits per heavy atom. The largest absolute Gasteiger partial charge is 0.396 e. The minimum absolute atomic E-state index is 0.329. The number of nitrogens with zero attached hydrogens (tertiary/aromatic N) is 1. The zero-order valence-electron chi connectivity index (χ0n) is 4.94. The van der Waals surface area contributed by atoms with Gasteiger partial charge in [-0.05, 0) is 0 Å². The number of hydrogen-bond acceptors (Lipinski definition) is 3. The second kappa shape index (κ2) is 2.09. The van der Waals surface area contributed by atoms with E-state index in [-0.39, 0.29) is 5.69 Å². The van der Waals surface area contributed by atoms with Gasteiger partial charge in [0.2, 0.25) is 5.95 Å². The molecule has 0 bridgehead atoms. The van der Waals surface area contributed by atoms with Crippen LogP contribution in [0, 0.1) is 11.8 Å².